The summed E-state index contributed by atoms with van der Waals surface area (Å²) in [7, 11) is 0. The average Bonchev–Trinajstić information content (AvgIpc) is 3.26. The van der Waals surface area contributed by atoms with Gasteiger partial charge in [0.1, 0.15) is 0 Å². The lowest BCUT2D eigenvalue weighted by Gasteiger charge is -2.21. The van der Waals surface area contributed by atoms with Crippen LogP contribution in [-0.2, 0) is 6.42 Å². The van der Waals surface area contributed by atoms with E-state index in [-0.39, 0.29) is 18.8 Å². The summed E-state index contributed by atoms with van der Waals surface area (Å²) in [5.41, 5.74) is 4.13. The number of β-amino-alcohol motifs (C(OH)–C–C–N with tert-alkyl or cyclic N) is 1. The zero-order valence-electron chi connectivity index (χ0n) is 15.1. The van der Waals surface area contributed by atoms with Gasteiger partial charge in [-0.3, -0.25) is 9.97 Å². The third-order valence-corrected chi connectivity index (χ3v) is 5.40. The SMILES string of the molecule is Cc1cc(N2C[C@@H](Cc3ccncc3)[C@H](O)C2)c2cc3c(cc2n1)OCO3. The van der Waals surface area contributed by atoms with E-state index in [2.05, 4.69) is 20.9 Å². The van der Waals surface area contributed by atoms with Gasteiger partial charge in [-0.15, -0.1) is 0 Å². The fourth-order valence-electron chi connectivity index (χ4n) is 4.06. The van der Waals surface area contributed by atoms with Gasteiger partial charge in [0.05, 0.1) is 11.6 Å². The molecule has 1 N–H and O–H groups in total. The van der Waals surface area contributed by atoms with Crippen LogP contribution in [0.1, 0.15) is 11.3 Å². The fourth-order valence-corrected chi connectivity index (χ4v) is 4.06. The molecule has 6 heteroatoms. The number of pyridine rings is 2. The summed E-state index contributed by atoms with van der Waals surface area (Å²) in [5.74, 6) is 1.68. The fraction of sp³-hybridized carbons (Fsp3) is 0.333. The van der Waals surface area contributed by atoms with E-state index in [0.717, 1.165) is 46.7 Å². The lowest BCUT2D eigenvalue weighted by Crippen LogP contribution is -2.21. The van der Waals surface area contributed by atoms with Gasteiger partial charge in [-0.05, 0) is 43.2 Å². The number of anilines is 1. The maximum atomic E-state index is 10.7. The Labute approximate surface area is 157 Å². The summed E-state index contributed by atoms with van der Waals surface area (Å²) in [5, 5.41) is 11.7. The van der Waals surface area contributed by atoms with E-state index in [1.165, 1.54) is 5.56 Å². The molecule has 5 rings (SSSR count). The van der Waals surface area contributed by atoms with Crippen LogP contribution in [0.3, 0.4) is 0 Å². The molecule has 0 amide bonds. The number of nitrogens with zero attached hydrogens (tertiary/aromatic N) is 3. The van der Waals surface area contributed by atoms with Gasteiger partial charge in [0, 0.05) is 54.2 Å². The van der Waals surface area contributed by atoms with E-state index in [9.17, 15) is 5.11 Å². The molecule has 0 radical (unpaired) electrons. The first-order valence-electron chi connectivity index (χ1n) is 9.20. The second-order valence-electron chi connectivity index (χ2n) is 7.30. The monoisotopic (exact) mass is 363 g/mol. The molecule has 2 atom stereocenters. The predicted octanol–water partition coefficient (Wildman–Crippen LogP) is 2.71. The highest BCUT2D eigenvalue weighted by Crippen LogP contribution is 2.40. The molecule has 4 heterocycles. The molecule has 0 saturated carbocycles. The second kappa shape index (κ2) is 6.39. The lowest BCUT2D eigenvalue weighted by atomic mass is 9.97. The number of aliphatic hydroxyl groups is 1. The summed E-state index contributed by atoms with van der Waals surface area (Å²) >= 11 is 0. The molecule has 2 aliphatic heterocycles. The first-order valence-corrected chi connectivity index (χ1v) is 9.20. The first kappa shape index (κ1) is 16.3. The summed E-state index contributed by atoms with van der Waals surface area (Å²) in [6.07, 6.45) is 4.08. The van der Waals surface area contributed by atoms with Crippen molar-refractivity contribution in [1.29, 1.82) is 0 Å². The summed E-state index contributed by atoms with van der Waals surface area (Å²) < 4.78 is 11.0. The minimum atomic E-state index is -0.365. The van der Waals surface area contributed by atoms with E-state index in [0.29, 0.717) is 6.54 Å². The first-order chi connectivity index (χ1) is 13.2. The third kappa shape index (κ3) is 2.96. The zero-order valence-corrected chi connectivity index (χ0v) is 15.1. The molecule has 2 aliphatic rings. The topological polar surface area (TPSA) is 67.7 Å². The highest BCUT2D eigenvalue weighted by atomic mass is 16.7. The van der Waals surface area contributed by atoms with Gasteiger partial charge in [-0.25, -0.2) is 0 Å². The number of benzene rings is 1. The van der Waals surface area contributed by atoms with Crippen LogP contribution in [0.4, 0.5) is 5.69 Å². The third-order valence-electron chi connectivity index (χ3n) is 5.40. The van der Waals surface area contributed by atoms with Crippen molar-refractivity contribution in [2.24, 2.45) is 5.92 Å². The molecule has 27 heavy (non-hydrogen) atoms. The molecule has 1 fully saturated rings. The van der Waals surface area contributed by atoms with Crippen molar-refractivity contribution in [1.82, 2.24) is 9.97 Å². The predicted molar refractivity (Wildman–Crippen MR) is 102 cm³/mol. The van der Waals surface area contributed by atoms with Crippen molar-refractivity contribution in [3.8, 4) is 11.5 Å². The molecule has 2 aromatic heterocycles. The molecule has 3 aromatic rings. The number of ether oxygens (including phenoxy) is 2. The van der Waals surface area contributed by atoms with Crippen LogP contribution in [0.2, 0.25) is 0 Å². The zero-order chi connectivity index (χ0) is 18.4. The highest BCUT2D eigenvalue weighted by Gasteiger charge is 2.32. The van der Waals surface area contributed by atoms with Gasteiger partial charge in [0.15, 0.2) is 11.5 Å². The van der Waals surface area contributed by atoms with Crippen LogP contribution < -0.4 is 14.4 Å². The minimum absolute atomic E-state index is 0.185. The minimum Gasteiger partial charge on any atom is -0.454 e. The standard InChI is InChI=1S/C21H21N3O3/c1-13-6-18(16-8-20-21(27-12-26-20)9-17(16)23-13)24-10-15(19(25)11-24)7-14-2-4-22-5-3-14/h2-6,8-9,15,19,25H,7,10-12H2,1H3/t15-,19-/m1/s1. The summed E-state index contributed by atoms with van der Waals surface area (Å²) in [4.78, 5) is 11.0. The molecule has 0 aliphatic carbocycles. The Morgan fingerprint density at radius 2 is 1.89 bits per heavy atom. The number of hydrogen-bond acceptors (Lipinski definition) is 6. The highest BCUT2D eigenvalue weighted by molar-refractivity contribution is 5.94. The molecule has 0 unspecified atom stereocenters. The van der Waals surface area contributed by atoms with Gasteiger partial charge in [0.25, 0.3) is 0 Å². The number of rotatable bonds is 3. The smallest absolute Gasteiger partial charge is 0.231 e. The van der Waals surface area contributed by atoms with Crippen LogP contribution in [0.25, 0.3) is 10.9 Å². The second-order valence-corrected chi connectivity index (χ2v) is 7.30. The molecule has 0 spiro atoms. The molecule has 1 aromatic carbocycles. The number of fused-ring (bicyclic) bond motifs is 2. The van der Waals surface area contributed by atoms with Crippen molar-refractivity contribution in [2.75, 3.05) is 24.8 Å². The van der Waals surface area contributed by atoms with Crippen molar-refractivity contribution in [2.45, 2.75) is 19.4 Å². The Bertz CT molecular complexity index is 993. The quantitative estimate of drug-likeness (QED) is 0.772. The van der Waals surface area contributed by atoms with Gasteiger partial charge < -0.3 is 19.5 Å². The van der Waals surface area contributed by atoms with Gasteiger partial charge in [-0.2, -0.15) is 0 Å². The maximum absolute atomic E-state index is 10.7. The average molecular weight is 363 g/mol. The molecule has 1 saturated heterocycles. The van der Waals surface area contributed by atoms with E-state index in [1.54, 1.807) is 12.4 Å². The molecule has 138 valence electrons. The van der Waals surface area contributed by atoms with Gasteiger partial charge in [-0.1, -0.05) is 0 Å². The maximum Gasteiger partial charge on any atom is 0.231 e. The van der Waals surface area contributed by atoms with E-state index >= 15 is 0 Å². The van der Waals surface area contributed by atoms with E-state index in [4.69, 9.17) is 9.47 Å². The van der Waals surface area contributed by atoms with Crippen molar-refractivity contribution in [3.05, 3.63) is 54.0 Å². The van der Waals surface area contributed by atoms with Crippen molar-refractivity contribution >= 4 is 16.6 Å². The Morgan fingerprint density at radius 3 is 2.70 bits per heavy atom. The Kier molecular flexibility index (Phi) is 3.86. The van der Waals surface area contributed by atoms with E-state index in [1.807, 2.05) is 31.2 Å². The number of aromatic nitrogens is 2. The van der Waals surface area contributed by atoms with Crippen molar-refractivity contribution in [3.63, 3.8) is 0 Å². The van der Waals surface area contributed by atoms with Gasteiger partial charge in [0.2, 0.25) is 6.79 Å². The van der Waals surface area contributed by atoms with E-state index < -0.39 is 0 Å². The summed E-state index contributed by atoms with van der Waals surface area (Å²) in [6, 6.07) is 10.1. The molecule has 0 bridgehead atoms. The van der Waals surface area contributed by atoms with Crippen molar-refractivity contribution < 1.29 is 14.6 Å². The Balaban J connectivity index is 1.48. The largest absolute Gasteiger partial charge is 0.454 e. The van der Waals surface area contributed by atoms with Crippen LogP contribution in [-0.4, -0.2) is 41.1 Å². The summed E-state index contributed by atoms with van der Waals surface area (Å²) in [6.45, 7) is 3.66. The van der Waals surface area contributed by atoms with Crippen LogP contribution in [0.5, 0.6) is 11.5 Å². The van der Waals surface area contributed by atoms with Crippen LogP contribution in [0.15, 0.2) is 42.7 Å². The normalized spacial score (nSPS) is 21.2. The number of aliphatic hydroxyl groups excluding tert-OH is 1. The Hall–Kier alpha value is -2.86. The van der Waals surface area contributed by atoms with Gasteiger partial charge >= 0.3 is 0 Å². The molecular formula is C21H21N3O3. The van der Waals surface area contributed by atoms with Crippen LogP contribution in [0, 0.1) is 12.8 Å². The molecular weight excluding hydrogens is 342 g/mol. The molecule has 6 nitrogen and oxygen atoms in total. The number of hydrogen-bond donors (Lipinski definition) is 1. The van der Waals surface area contributed by atoms with Crippen LogP contribution >= 0.6 is 0 Å². The number of aryl methyl sites for hydroxylation is 1. The Morgan fingerprint density at radius 1 is 1.11 bits per heavy atom. The lowest BCUT2D eigenvalue weighted by molar-refractivity contribution is 0.148.